The molecule has 3 aromatic rings. The van der Waals surface area contributed by atoms with Crippen LogP contribution in [0.15, 0.2) is 53.3 Å². The molecule has 4 rings (SSSR count). The van der Waals surface area contributed by atoms with Gasteiger partial charge in [0.25, 0.3) is 5.56 Å². The van der Waals surface area contributed by atoms with Gasteiger partial charge in [0.2, 0.25) is 0 Å². The molecule has 0 saturated carbocycles. The zero-order valence-electron chi connectivity index (χ0n) is 18.5. The molecule has 2 heterocycles. The third kappa shape index (κ3) is 5.16. The van der Waals surface area contributed by atoms with Gasteiger partial charge in [-0.3, -0.25) is 9.69 Å². The van der Waals surface area contributed by atoms with Crippen LogP contribution in [-0.4, -0.2) is 45.6 Å². The number of likely N-dealkylation sites (N-methyl/N-ethyl adjacent to an activating group) is 1. The summed E-state index contributed by atoms with van der Waals surface area (Å²) in [5, 5.41) is 4.75. The minimum absolute atomic E-state index is 0.101. The van der Waals surface area contributed by atoms with Crippen LogP contribution in [0.1, 0.15) is 30.9 Å². The molecule has 0 bridgehead atoms. The molecule has 0 amide bonds. The number of aromatic amines is 1. The molecule has 32 heavy (non-hydrogen) atoms. The van der Waals surface area contributed by atoms with Gasteiger partial charge in [-0.05, 0) is 92.4 Å². The van der Waals surface area contributed by atoms with Crippen LogP contribution in [0, 0.1) is 12.7 Å². The Morgan fingerprint density at radius 2 is 2.03 bits per heavy atom. The number of pyridine rings is 1. The topological polar surface area (TPSA) is 51.4 Å². The maximum atomic E-state index is 13.3. The van der Waals surface area contributed by atoms with Gasteiger partial charge >= 0.3 is 0 Å². The molecule has 0 spiro atoms. The molecule has 7 heteroatoms. The summed E-state index contributed by atoms with van der Waals surface area (Å²) in [6.45, 7) is 7.39. The van der Waals surface area contributed by atoms with Crippen LogP contribution in [0.3, 0.4) is 0 Å². The molecule has 1 aliphatic rings. The molecular weight excluding hydrogens is 423 g/mol. The lowest BCUT2D eigenvalue weighted by Gasteiger charge is -2.32. The number of rotatable bonds is 6. The summed E-state index contributed by atoms with van der Waals surface area (Å²) >= 11 is 5.75. The standard InChI is InChI=1S/C25H29FN4OS/c1-3-29-12-4-5-22(29)16-30(25(32)27-21-10-8-20(26)9-11-21)15-19-14-18-7-6-17(2)13-23(18)28-24(19)31/h6-11,13-14,22H,3-5,12,15-16H2,1-2H3,(H,27,32)(H,28,31)/t22-/m1/s1. The lowest BCUT2D eigenvalue weighted by atomic mass is 10.1. The molecule has 5 nitrogen and oxygen atoms in total. The quantitative estimate of drug-likeness (QED) is 0.533. The number of hydrogen-bond acceptors (Lipinski definition) is 3. The molecule has 1 atom stereocenters. The number of thiocarbonyl (C=S) groups is 1. The maximum Gasteiger partial charge on any atom is 0.253 e. The maximum absolute atomic E-state index is 13.3. The predicted molar refractivity (Wildman–Crippen MR) is 133 cm³/mol. The molecule has 2 N–H and O–H groups in total. The number of likely N-dealkylation sites (tertiary alicyclic amines) is 1. The second-order valence-electron chi connectivity index (χ2n) is 8.46. The van der Waals surface area contributed by atoms with E-state index in [4.69, 9.17) is 12.2 Å². The Morgan fingerprint density at radius 1 is 1.25 bits per heavy atom. The van der Waals surface area contributed by atoms with Gasteiger partial charge in [0, 0.05) is 29.4 Å². The number of nitrogens with zero attached hydrogens (tertiary/aromatic N) is 2. The van der Waals surface area contributed by atoms with Gasteiger partial charge < -0.3 is 15.2 Å². The van der Waals surface area contributed by atoms with Crippen LogP contribution in [-0.2, 0) is 6.54 Å². The Balaban J connectivity index is 1.60. The summed E-state index contributed by atoms with van der Waals surface area (Å²) in [6.07, 6.45) is 2.28. The van der Waals surface area contributed by atoms with Gasteiger partial charge in [0.15, 0.2) is 5.11 Å². The van der Waals surface area contributed by atoms with E-state index in [-0.39, 0.29) is 11.4 Å². The summed E-state index contributed by atoms with van der Waals surface area (Å²) < 4.78 is 13.3. The van der Waals surface area contributed by atoms with Crippen LogP contribution in [0.25, 0.3) is 10.9 Å². The summed E-state index contributed by atoms with van der Waals surface area (Å²) in [5.41, 5.74) is 3.24. The number of benzene rings is 2. The average Bonchev–Trinajstić information content (AvgIpc) is 3.22. The van der Waals surface area contributed by atoms with E-state index in [1.807, 2.05) is 31.2 Å². The fraction of sp³-hybridized carbons (Fsp3) is 0.360. The molecule has 1 fully saturated rings. The Kier molecular flexibility index (Phi) is 6.86. The van der Waals surface area contributed by atoms with Gasteiger partial charge in [0.05, 0.1) is 6.54 Å². The normalized spacial score (nSPS) is 16.4. The van der Waals surface area contributed by atoms with Crippen molar-refractivity contribution in [2.75, 3.05) is 25.0 Å². The third-order valence-electron chi connectivity index (χ3n) is 6.16. The fourth-order valence-corrected chi connectivity index (χ4v) is 4.67. The van der Waals surface area contributed by atoms with Crippen LogP contribution in [0.5, 0.6) is 0 Å². The van der Waals surface area contributed by atoms with Crippen molar-refractivity contribution < 1.29 is 4.39 Å². The number of H-pyrrole nitrogens is 1. The van der Waals surface area contributed by atoms with Gasteiger partial charge in [-0.2, -0.15) is 0 Å². The smallest absolute Gasteiger partial charge is 0.253 e. The first kappa shape index (κ1) is 22.4. The summed E-state index contributed by atoms with van der Waals surface area (Å²) in [5.74, 6) is -0.291. The highest BCUT2D eigenvalue weighted by atomic mass is 32.1. The zero-order valence-corrected chi connectivity index (χ0v) is 19.3. The summed E-state index contributed by atoms with van der Waals surface area (Å²) in [7, 11) is 0. The molecule has 1 saturated heterocycles. The Bertz CT molecular complexity index is 1160. The first-order chi connectivity index (χ1) is 15.4. The van der Waals surface area contributed by atoms with E-state index in [9.17, 15) is 9.18 Å². The van der Waals surface area contributed by atoms with E-state index < -0.39 is 0 Å². The second kappa shape index (κ2) is 9.79. The van der Waals surface area contributed by atoms with Gasteiger partial charge in [-0.15, -0.1) is 0 Å². The Labute approximate surface area is 193 Å². The van der Waals surface area contributed by atoms with Crippen molar-refractivity contribution in [3.05, 3.63) is 75.8 Å². The average molecular weight is 453 g/mol. The Morgan fingerprint density at radius 3 is 2.78 bits per heavy atom. The van der Waals surface area contributed by atoms with E-state index >= 15 is 0 Å². The van der Waals surface area contributed by atoms with E-state index in [0.717, 1.165) is 48.2 Å². The first-order valence-electron chi connectivity index (χ1n) is 11.1. The lowest BCUT2D eigenvalue weighted by molar-refractivity contribution is 0.221. The van der Waals surface area contributed by atoms with Crippen molar-refractivity contribution in [3.8, 4) is 0 Å². The van der Waals surface area contributed by atoms with Crippen LogP contribution < -0.4 is 10.9 Å². The van der Waals surface area contributed by atoms with Crippen molar-refractivity contribution >= 4 is 33.9 Å². The minimum atomic E-state index is -0.291. The van der Waals surface area contributed by atoms with Crippen LogP contribution >= 0.6 is 12.2 Å². The van der Waals surface area contributed by atoms with Crippen molar-refractivity contribution in [2.45, 2.75) is 39.3 Å². The summed E-state index contributed by atoms with van der Waals surface area (Å²) in [6, 6.07) is 14.5. The highest BCUT2D eigenvalue weighted by molar-refractivity contribution is 7.80. The lowest BCUT2D eigenvalue weighted by Crippen LogP contribution is -2.44. The third-order valence-corrected chi connectivity index (χ3v) is 6.52. The molecule has 0 aliphatic carbocycles. The number of nitrogens with one attached hydrogen (secondary N) is 2. The molecular formula is C25H29FN4OS. The van der Waals surface area contributed by atoms with Gasteiger partial charge in [-0.1, -0.05) is 19.1 Å². The summed E-state index contributed by atoms with van der Waals surface area (Å²) in [4.78, 5) is 20.4. The number of hydrogen-bond donors (Lipinski definition) is 2. The number of aryl methyl sites for hydroxylation is 1. The number of fused-ring (bicyclic) bond motifs is 1. The molecule has 0 radical (unpaired) electrons. The zero-order chi connectivity index (χ0) is 22.7. The molecule has 2 aromatic carbocycles. The molecule has 1 aromatic heterocycles. The van der Waals surface area contributed by atoms with Crippen molar-refractivity contribution in [1.82, 2.24) is 14.8 Å². The van der Waals surface area contributed by atoms with E-state index in [1.165, 1.54) is 18.6 Å². The van der Waals surface area contributed by atoms with Gasteiger partial charge in [-0.25, -0.2) is 4.39 Å². The molecule has 0 unspecified atom stereocenters. The van der Waals surface area contributed by atoms with Crippen molar-refractivity contribution in [3.63, 3.8) is 0 Å². The van der Waals surface area contributed by atoms with E-state index in [1.54, 1.807) is 12.1 Å². The van der Waals surface area contributed by atoms with Crippen LogP contribution in [0.2, 0.25) is 0 Å². The van der Waals surface area contributed by atoms with Crippen molar-refractivity contribution in [2.24, 2.45) is 0 Å². The van der Waals surface area contributed by atoms with E-state index in [0.29, 0.717) is 23.3 Å². The highest BCUT2D eigenvalue weighted by Gasteiger charge is 2.26. The van der Waals surface area contributed by atoms with Gasteiger partial charge in [0.1, 0.15) is 5.82 Å². The largest absolute Gasteiger partial charge is 0.343 e. The van der Waals surface area contributed by atoms with E-state index in [2.05, 4.69) is 27.0 Å². The first-order valence-corrected chi connectivity index (χ1v) is 11.5. The monoisotopic (exact) mass is 452 g/mol. The van der Waals surface area contributed by atoms with Crippen LogP contribution in [0.4, 0.5) is 10.1 Å². The second-order valence-corrected chi connectivity index (χ2v) is 8.84. The number of aromatic nitrogens is 1. The number of halogens is 1. The minimum Gasteiger partial charge on any atom is -0.343 e. The number of anilines is 1. The van der Waals surface area contributed by atoms with Crippen molar-refractivity contribution in [1.29, 1.82) is 0 Å². The highest BCUT2D eigenvalue weighted by Crippen LogP contribution is 2.20. The Hall–Kier alpha value is -2.77. The molecule has 168 valence electrons. The SMILES string of the molecule is CCN1CCC[C@@H]1CN(Cc1cc2ccc(C)cc2[nH]c1=O)C(=S)Nc1ccc(F)cc1. The molecule has 1 aliphatic heterocycles. The fourth-order valence-electron chi connectivity index (χ4n) is 4.41. The predicted octanol–water partition coefficient (Wildman–Crippen LogP) is 4.66.